The Morgan fingerprint density at radius 1 is 1.47 bits per heavy atom. The van der Waals surface area contributed by atoms with Gasteiger partial charge in [0, 0.05) is 12.2 Å². The topological polar surface area (TPSA) is 68.0 Å². The fourth-order valence-corrected chi connectivity index (χ4v) is 2.40. The molecule has 4 heteroatoms. The van der Waals surface area contributed by atoms with Gasteiger partial charge in [0.1, 0.15) is 5.82 Å². The van der Waals surface area contributed by atoms with Crippen LogP contribution in [0.2, 0.25) is 0 Å². The van der Waals surface area contributed by atoms with Gasteiger partial charge in [0.2, 0.25) is 5.91 Å². The van der Waals surface area contributed by atoms with Crippen molar-refractivity contribution in [2.75, 3.05) is 5.32 Å². The molecule has 92 valence electrons. The highest BCUT2D eigenvalue weighted by Gasteiger charge is 2.18. The molecule has 2 rings (SSSR count). The molecule has 0 radical (unpaired) electrons. The molecular weight excluding hydrogens is 214 g/mol. The molecule has 0 bridgehead atoms. The Kier molecular flexibility index (Phi) is 3.61. The van der Waals surface area contributed by atoms with Crippen LogP contribution in [-0.2, 0) is 0 Å². The fraction of sp³-hybridized carbons (Fsp3) is 0.538. The van der Waals surface area contributed by atoms with E-state index >= 15 is 0 Å². The number of hydrogen-bond acceptors (Lipinski definition) is 3. The van der Waals surface area contributed by atoms with Crippen LogP contribution < -0.4 is 11.1 Å². The monoisotopic (exact) mass is 233 g/mol. The molecular formula is C13H19N3O. The van der Waals surface area contributed by atoms with Crippen LogP contribution in [0.1, 0.15) is 43.0 Å². The lowest BCUT2D eigenvalue weighted by Gasteiger charge is -2.27. The molecule has 1 aromatic heterocycles. The van der Waals surface area contributed by atoms with Crippen molar-refractivity contribution in [1.29, 1.82) is 0 Å². The average molecular weight is 233 g/mol. The lowest BCUT2D eigenvalue weighted by Crippen LogP contribution is -2.26. The van der Waals surface area contributed by atoms with E-state index in [1.807, 2.05) is 6.07 Å². The van der Waals surface area contributed by atoms with Crippen LogP contribution in [0.4, 0.5) is 5.82 Å². The largest absolute Gasteiger partial charge is 0.367 e. The first-order valence-electron chi connectivity index (χ1n) is 6.17. The zero-order valence-electron chi connectivity index (χ0n) is 10.1. The number of carbonyl (C=O) groups excluding carboxylic acids is 1. The van der Waals surface area contributed by atoms with E-state index in [4.69, 9.17) is 5.73 Å². The third-order valence-corrected chi connectivity index (χ3v) is 3.34. The second-order valence-electron chi connectivity index (χ2n) is 4.91. The number of anilines is 1. The summed E-state index contributed by atoms with van der Waals surface area (Å²) in [7, 11) is 0. The van der Waals surface area contributed by atoms with E-state index in [2.05, 4.69) is 17.2 Å². The number of amides is 1. The van der Waals surface area contributed by atoms with E-state index in [0.29, 0.717) is 11.6 Å². The summed E-state index contributed by atoms with van der Waals surface area (Å²) in [6.07, 6.45) is 6.52. The van der Waals surface area contributed by atoms with Gasteiger partial charge >= 0.3 is 0 Å². The predicted octanol–water partition coefficient (Wildman–Crippen LogP) is 2.17. The third kappa shape index (κ3) is 3.19. The SMILES string of the molecule is CC1CCCC(Nc2ccc(C(N)=O)cn2)C1. The number of aromatic nitrogens is 1. The van der Waals surface area contributed by atoms with Gasteiger partial charge < -0.3 is 11.1 Å². The van der Waals surface area contributed by atoms with Gasteiger partial charge in [-0.1, -0.05) is 19.8 Å². The number of nitrogens with zero attached hydrogens (tertiary/aromatic N) is 1. The fourth-order valence-electron chi connectivity index (χ4n) is 2.40. The summed E-state index contributed by atoms with van der Waals surface area (Å²) in [4.78, 5) is 15.1. The van der Waals surface area contributed by atoms with E-state index in [9.17, 15) is 4.79 Å². The summed E-state index contributed by atoms with van der Waals surface area (Å²) in [5.74, 6) is 1.18. The number of nitrogens with one attached hydrogen (secondary N) is 1. The standard InChI is InChI=1S/C13H19N3O/c1-9-3-2-4-11(7-9)16-12-6-5-10(8-15-12)13(14)17/h5-6,8-9,11H,2-4,7H2,1H3,(H2,14,17)(H,15,16). The molecule has 4 nitrogen and oxygen atoms in total. The Morgan fingerprint density at radius 3 is 2.88 bits per heavy atom. The van der Waals surface area contributed by atoms with E-state index < -0.39 is 5.91 Å². The molecule has 3 N–H and O–H groups in total. The van der Waals surface area contributed by atoms with Crippen molar-refractivity contribution in [2.45, 2.75) is 38.6 Å². The Morgan fingerprint density at radius 2 is 2.29 bits per heavy atom. The van der Waals surface area contributed by atoms with Crippen LogP contribution >= 0.6 is 0 Å². The number of nitrogens with two attached hydrogens (primary N) is 1. The van der Waals surface area contributed by atoms with Crippen molar-refractivity contribution >= 4 is 11.7 Å². The zero-order chi connectivity index (χ0) is 12.3. The minimum absolute atomic E-state index is 0.435. The van der Waals surface area contributed by atoms with E-state index in [1.54, 1.807) is 6.07 Å². The number of carbonyl (C=O) groups is 1. The van der Waals surface area contributed by atoms with Crippen molar-refractivity contribution in [2.24, 2.45) is 11.7 Å². The maximum absolute atomic E-state index is 10.9. The molecule has 1 heterocycles. The minimum Gasteiger partial charge on any atom is -0.367 e. The summed E-state index contributed by atoms with van der Waals surface area (Å²) in [5.41, 5.74) is 5.62. The van der Waals surface area contributed by atoms with Gasteiger partial charge in [0.15, 0.2) is 0 Å². The van der Waals surface area contributed by atoms with Gasteiger partial charge in [0.05, 0.1) is 5.56 Å². The highest BCUT2D eigenvalue weighted by molar-refractivity contribution is 5.92. The van der Waals surface area contributed by atoms with Gasteiger partial charge in [-0.2, -0.15) is 0 Å². The molecule has 1 aromatic rings. The average Bonchev–Trinajstić information content (AvgIpc) is 2.29. The number of rotatable bonds is 3. The first kappa shape index (κ1) is 11.9. The van der Waals surface area contributed by atoms with Crippen LogP contribution in [0.5, 0.6) is 0 Å². The maximum Gasteiger partial charge on any atom is 0.250 e. The smallest absolute Gasteiger partial charge is 0.250 e. The molecule has 2 atom stereocenters. The summed E-state index contributed by atoms with van der Waals surface area (Å²) in [5, 5.41) is 3.41. The quantitative estimate of drug-likeness (QED) is 0.840. The number of primary amides is 1. The van der Waals surface area contributed by atoms with Crippen LogP contribution in [0.15, 0.2) is 18.3 Å². The van der Waals surface area contributed by atoms with Gasteiger partial charge in [0.25, 0.3) is 0 Å². The summed E-state index contributed by atoms with van der Waals surface area (Å²) in [6.45, 7) is 2.29. The minimum atomic E-state index is -0.435. The highest BCUT2D eigenvalue weighted by atomic mass is 16.1. The van der Waals surface area contributed by atoms with Crippen molar-refractivity contribution in [3.05, 3.63) is 23.9 Å². The van der Waals surface area contributed by atoms with Crippen molar-refractivity contribution < 1.29 is 4.79 Å². The van der Waals surface area contributed by atoms with Crippen LogP contribution in [0.3, 0.4) is 0 Å². The van der Waals surface area contributed by atoms with E-state index in [1.165, 1.54) is 31.9 Å². The summed E-state index contributed by atoms with van der Waals surface area (Å²) in [6, 6.07) is 4.04. The molecule has 2 unspecified atom stereocenters. The maximum atomic E-state index is 10.9. The molecule has 1 aliphatic carbocycles. The lowest BCUT2D eigenvalue weighted by molar-refractivity contribution is 0.1000. The Labute approximate surface area is 102 Å². The van der Waals surface area contributed by atoms with Crippen LogP contribution in [0.25, 0.3) is 0 Å². The summed E-state index contributed by atoms with van der Waals surface area (Å²) < 4.78 is 0. The molecule has 1 amide bonds. The number of hydrogen-bond donors (Lipinski definition) is 2. The molecule has 0 spiro atoms. The number of pyridine rings is 1. The normalized spacial score (nSPS) is 24.3. The van der Waals surface area contributed by atoms with Crippen molar-refractivity contribution in [3.63, 3.8) is 0 Å². The van der Waals surface area contributed by atoms with Gasteiger partial charge in [-0.15, -0.1) is 0 Å². The van der Waals surface area contributed by atoms with Gasteiger partial charge in [-0.05, 0) is 30.9 Å². The molecule has 0 aliphatic heterocycles. The van der Waals surface area contributed by atoms with Crippen LogP contribution in [0, 0.1) is 5.92 Å². The van der Waals surface area contributed by atoms with Gasteiger partial charge in [-0.3, -0.25) is 4.79 Å². The predicted molar refractivity (Wildman–Crippen MR) is 67.8 cm³/mol. The second kappa shape index (κ2) is 5.17. The first-order valence-corrected chi connectivity index (χ1v) is 6.17. The lowest BCUT2D eigenvalue weighted by atomic mass is 9.87. The highest BCUT2D eigenvalue weighted by Crippen LogP contribution is 2.25. The zero-order valence-corrected chi connectivity index (χ0v) is 10.1. The molecule has 0 aromatic carbocycles. The molecule has 0 saturated heterocycles. The van der Waals surface area contributed by atoms with Crippen molar-refractivity contribution in [3.8, 4) is 0 Å². The molecule has 1 aliphatic rings. The van der Waals surface area contributed by atoms with E-state index in [0.717, 1.165) is 11.7 Å². The van der Waals surface area contributed by atoms with E-state index in [-0.39, 0.29) is 0 Å². The molecule has 17 heavy (non-hydrogen) atoms. The molecule has 1 fully saturated rings. The summed E-state index contributed by atoms with van der Waals surface area (Å²) >= 11 is 0. The first-order chi connectivity index (χ1) is 8.15. The Hall–Kier alpha value is -1.58. The van der Waals surface area contributed by atoms with Crippen molar-refractivity contribution in [1.82, 2.24) is 4.98 Å². The third-order valence-electron chi connectivity index (χ3n) is 3.34. The van der Waals surface area contributed by atoms with Gasteiger partial charge in [-0.25, -0.2) is 4.98 Å². The van der Waals surface area contributed by atoms with Crippen LogP contribution in [-0.4, -0.2) is 16.9 Å². The Balaban J connectivity index is 1.96. The molecule has 1 saturated carbocycles. The second-order valence-corrected chi connectivity index (χ2v) is 4.91. The Bertz CT molecular complexity index is 388.